The molecule has 0 aliphatic carbocycles. The predicted octanol–water partition coefficient (Wildman–Crippen LogP) is 0.438. The number of aryl methyl sites for hydroxylation is 1. The van der Waals surface area contributed by atoms with Crippen molar-refractivity contribution in [2.45, 2.75) is 13.5 Å². The number of nitrogens with one attached hydrogen (secondary N) is 2. The Morgan fingerprint density at radius 2 is 2.25 bits per heavy atom. The first-order chi connectivity index (χ1) is 7.75. The van der Waals surface area contributed by atoms with Crippen LogP contribution in [0.4, 0.5) is 0 Å². The highest BCUT2D eigenvalue weighted by atomic mass is 16.1. The third-order valence-corrected chi connectivity index (χ3v) is 2.01. The van der Waals surface area contributed by atoms with Crippen LogP contribution in [-0.2, 0) is 6.54 Å². The van der Waals surface area contributed by atoms with Crippen molar-refractivity contribution in [1.82, 2.24) is 25.3 Å². The topological polar surface area (TPSA) is 83.6 Å². The monoisotopic (exact) mass is 217 g/mol. The molecule has 0 atom stereocenters. The van der Waals surface area contributed by atoms with Crippen LogP contribution >= 0.6 is 0 Å². The smallest absolute Gasteiger partial charge is 0.271 e. The van der Waals surface area contributed by atoms with E-state index in [-0.39, 0.29) is 5.91 Å². The standard InChI is InChI=1S/C10H11N5O/c1-7-2-13-9(5-12-7)10(16)14-4-8-3-11-6-15-8/h2-3,5-6H,4H2,1H3,(H,11,15)(H,14,16). The van der Waals surface area contributed by atoms with Gasteiger partial charge in [-0.2, -0.15) is 0 Å². The molecule has 0 radical (unpaired) electrons. The summed E-state index contributed by atoms with van der Waals surface area (Å²) in [5, 5.41) is 2.71. The molecule has 0 bridgehead atoms. The number of carbonyl (C=O) groups is 1. The summed E-state index contributed by atoms with van der Waals surface area (Å²) in [4.78, 5) is 26.3. The average Bonchev–Trinajstić information content (AvgIpc) is 2.80. The van der Waals surface area contributed by atoms with Crippen LogP contribution in [0.3, 0.4) is 0 Å². The van der Waals surface area contributed by atoms with Crippen LogP contribution < -0.4 is 5.32 Å². The Hall–Kier alpha value is -2.24. The van der Waals surface area contributed by atoms with Crippen molar-refractivity contribution in [2.75, 3.05) is 0 Å². The number of hydrogen-bond donors (Lipinski definition) is 2. The second-order valence-corrected chi connectivity index (χ2v) is 3.30. The van der Waals surface area contributed by atoms with Crippen molar-refractivity contribution in [3.8, 4) is 0 Å². The van der Waals surface area contributed by atoms with E-state index in [0.717, 1.165) is 11.4 Å². The van der Waals surface area contributed by atoms with Crippen molar-refractivity contribution >= 4 is 5.91 Å². The lowest BCUT2D eigenvalue weighted by Gasteiger charge is -2.02. The van der Waals surface area contributed by atoms with Gasteiger partial charge in [0.05, 0.1) is 30.5 Å². The molecule has 0 aliphatic heterocycles. The van der Waals surface area contributed by atoms with E-state index in [9.17, 15) is 4.79 Å². The van der Waals surface area contributed by atoms with Crippen LogP contribution in [0.2, 0.25) is 0 Å². The molecule has 0 aliphatic rings. The number of hydrogen-bond acceptors (Lipinski definition) is 4. The highest BCUT2D eigenvalue weighted by Crippen LogP contribution is 1.95. The fraction of sp³-hybridized carbons (Fsp3) is 0.200. The van der Waals surface area contributed by atoms with Crippen LogP contribution in [0.25, 0.3) is 0 Å². The van der Waals surface area contributed by atoms with Gasteiger partial charge in [-0.25, -0.2) is 9.97 Å². The molecule has 0 aromatic carbocycles. The van der Waals surface area contributed by atoms with E-state index in [1.54, 1.807) is 18.7 Å². The molecule has 2 rings (SSSR count). The number of rotatable bonds is 3. The number of H-pyrrole nitrogens is 1. The molecule has 16 heavy (non-hydrogen) atoms. The van der Waals surface area contributed by atoms with Gasteiger partial charge in [-0.1, -0.05) is 0 Å². The summed E-state index contributed by atoms with van der Waals surface area (Å²) in [6, 6.07) is 0. The van der Waals surface area contributed by atoms with Gasteiger partial charge in [0.1, 0.15) is 5.69 Å². The Bertz CT molecular complexity index is 462. The second kappa shape index (κ2) is 4.52. The molecular formula is C10H11N5O. The Morgan fingerprint density at radius 1 is 1.38 bits per heavy atom. The summed E-state index contributed by atoms with van der Waals surface area (Å²) in [6.07, 6.45) is 6.23. The number of nitrogens with zero attached hydrogens (tertiary/aromatic N) is 3. The lowest BCUT2D eigenvalue weighted by molar-refractivity contribution is 0.0945. The van der Waals surface area contributed by atoms with Crippen LogP contribution in [0.15, 0.2) is 24.9 Å². The zero-order chi connectivity index (χ0) is 11.4. The van der Waals surface area contributed by atoms with Gasteiger partial charge >= 0.3 is 0 Å². The fourth-order valence-corrected chi connectivity index (χ4v) is 1.16. The van der Waals surface area contributed by atoms with Gasteiger partial charge in [0.2, 0.25) is 0 Å². The van der Waals surface area contributed by atoms with Crippen LogP contribution in [0.5, 0.6) is 0 Å². The van der Waals surface area contributed by atoms with Crippen molar-refractivity contribution < 1.29 is 4.79 Å². The molecule has 82 valence electrons. The lowest BCUT2D eigenvalue weighted by atomic mass is 10.4. The summed E-state index contributed by atoms with van der Waals surface area (Å²) in [6.45, 7) is 2.22. The first-order valence-electron chi connectivity index (χ1n) is 4.80. The number of amides is 1. The van der Waals surface area contributed by atoms with E-state index >= 15 is 0 Å². The Labute approximate surface area is 92.2 Å². The molecule has 0 saturated carbocycles. The predicted molar refractivity (Wildman–Crippen MR) is 56.5 cm³/mol. The molecule has 0 fully saturated rings. The normalized spacial score (nSPS) is 10.1. The van der Waals surface area contributed by atoms with Gasteiger partial charge in [0, 0.05) is 12.4 Å². The van der Waals surface area contributed by atoms with E-state index in [0.29, 0.717) is 12.2 Å². The molecule has 0 unspecified atom stereocenters. The quantitative estimate of drug-likeness (QED) is 0.781. The molecule has 2 heterocycles. The van der Waals surface area contributed by atoms with E-state index in [2.05, 4.69) is 25.3 Å². The van der Waals surface area contributed by atoms with Gasteiger partial charge in [-0.3, -0.25) is 9.78 Å². The number of imidazole rings is 1. The summed E-state index contributed by atoms with van der Waals surface area (Å²) in [7, 11) is 0. The van der Waals surface area contributed by atoms with Crippen LogP contribution in [0, 0.1) is 6.92 Å². The Kier molecular flexibility index (Phi) is 2.90. The maximum atomic E-state index is 11.6. The fourth-order valence-electron chi connectivity index (χ4n) is 1.16. The van der Waals surface area contributed by atoms with Crippen LogP contribution in [-0.4, -0.2) is 25.8 Å². The summed E-state index contributed by atoms with van der Waals surface area (Å²) in [5.41, 5.74) is 1.93. The van der Waals surface area contributed by atoms with Crippen molar-refractivity contribution in [1.29, 1.82) is 0 Å². The largest absolute Gasteiger partial charge is 0.347 e. The number of aromatic amines is 1. The molecule has 1 amide bonds. The Morgan fingerprint density at radius 3 is 2.88 bits per heavy atom. The second-order valence-electron chi connectivity index (χ2n) is 3.30. The molecule has 6 heteroatoms. The molecule has 0 spiro atoms. The van der Waals surface area contributed by atoms with E-state index in [4.69, 9.17) is 0 Å². The molecule has 0 saturated heterocycles. The number of carbonyl (C=O) groups excluding carboxylic acids is 1. The van der Waals surface area contributed by atoms with Gasteiger partial charge < -0.3 is 10.3 Å². The first-order valence-corrected chi connectivity index (χ1v) is 4.80. The van der Waals surface area contributed by atoms with E-state index in [1.165, 1.54) is 6.20 Å². The lowest BCUT2D eigenvalue weighted by Crippen LogP contribution is -2.24. The van der Waals surface area contributed by atoms with Gasteiger partial charge in [0.15, 0.2) is 0 Å². The van der Waals surface area contributed by atoms with E-state index < -0.39 is 0 Å². The maximum absolute atomic E-state index is 11.6. The summed E-state index contributed by atoms with van der Waals surface area (Å²) in [5.74, 6) is -0.248. The highest BCUT2D eigenvalue weighted by Gasteiger charge is 2.06. The minimum Gasteiger partial charge on any atom is -0.347 e. The summed E-state index contributed by atoms with van der Waals surface area (Å²) >= 11 is 0. The molecule has 2 aromatic rings. The molecular weight excluding hydrogens is 206 g/mol. The van der Waals surface area contributed by atoms with Crippen LogP contribution in [0.1, 0.15) is 21.9 Å². The SMILES string of the molecule is Cc1cnc(C(=O)NCc2cnc[nH]2)cn1. The average molecular weight is 217 g/mol. The van der Waals surface area contributed by atoms with E-state index in [1.807, 2.05) is 6.92 Å². The third-order valence-electron chi connectivity index (χ3n) is 2.01. The van der Waals surface area contributed by atoms with Crippen molar-refractivity contribution in [2.24, 2.45) is 0 Å². The first kappa shape index (κ1) is 10.3. The molecule has 6 nitrogen and oxygen atoms in total. The summed E-state index contributed by atoms with van der Waals surface area (Å²) < 4.78 is 0. The van der Waals surface area contributed by atoms with Crippen molar-refractivity contribution in [3.63, 3.8) is 0 Å². The zero-order valence-corrected chi connectivity index (χ0v) is 8.77. The maximum Gasteiger partial charge on any atom is 0.271 e. The number of aromatic nitrogens is 4. The Balaban J connectivity index is 1.95. The highest BCUT2D eigenvalue weighted by molar-refractivity contribution is 5.91. The van der Waals surface area contributed by atoms with Gasteiger partial charge in [0.25, 0.3) is 5.91 Å². The third kappa shape index (κ3) is 2.41. The molecule has 2 aromatic heterocycles. The van der Waals surface area contributed by atoms with Crippen molar-refractivity contribution in [3.05, 3.63) is 42.0 Å². The van der Waals surface area contributed by atoms with Gasteiger partial charge in [-0.15, -0.1) is 0 Å². The molecule has 2 N–H and O–H groups in total. The van der Waals surface area contributed by atoms with Gasteiger partial charge in [-0.05, 0) is 6.92 Å². The minimum absolute atomic E-state index is 0.248. The minimum atomic E-state index is -0.248. The zero-order valence-electron chi connectivity index (χ0n) is 8.77.